The maximum atomic E-state index is 9.92. The molecule has 0 aliphatic carbocycles. The maximum Gasteiger partial charge on any atom is 2.00 e. The molecule has 0 aliphatic rings. The van der Waals surface area contributed by atoms with Crippen LogP contribution in [-0.2, 0) is 18.7 Å². The van der Waals surface area contributed by atoms with Crippen LogP contribution in [-0.4, -0.2) is 218 Å². The smallest absolute Gasteiger partial charge is 0.822 e. The standard InChI is InChI=1S/2C4H9N3O2.3Ba.2H3O4P/c2*1-7(4(5)6)2-3(8)9;;;;2*1-5(2,3)4/h2*2H2,1H3,(H3,5,6)(H,8,9);;;;2*(H3,1,2,3,4)/q;;3*+2;;/p-6. The summed E-state index contributed by atoms with van der Waals surface area (Å²) in [7, 11) is -7.90. The van der Waals surface area contributed by atoms with E-state index in [9.17, 15) is 9.59 Å². The van der Waals surface area contributed by atoms with Crippen LogP contribution in [0.3, 0.4) is 0 Å². The fourth-order valence-electron chi connectivity index (χ4n) is 0.576. The van der Waals surface area contributed by atoms with Crippen LogP contribution in [0, 0.1) is 10.8 Å². The van der Waals surface area contributed by atoms with Gasteiger partial charge in [-0.3, -0.25) is 20.4 Å². The van der Waals surface area contributed by atoms with E-state index in [4.69, 9.17) is 71.0 Å². The maximum absolute atomic E-state index is 9.92. The minimum atomic E-state index is -5.39. The molecule has 0 fully saturated rings. The molecule has 8 N–H and O–H groups in total. The third-order valence-electron chi connectivity index (χ3n) is 1.57. The molecule has 0 rings (SSSR count). The Labute approximate surface area is 297 Å². The Balaban J connectivity index is -0.0000000497. The molecule has 0 bridgehead atoms. The Bertz CT molecular complexity index is 549. The van der Waals surface area contributed by atoms with Crippen molar-refractivity contribution >= 4 is 186 Å². The second kappa shape index (κ2) is 27.0. The first-order chi connectivity index (χ1) is 12.1. The number of carbonyl (C=O) groups is 2. The Kier molecular flexibility index (Phi) is 43.8. The molecular weight excluding hydrogens is 846 g/mol. The number of nitrogens with two attached hydrogens (primary N) is 2. The zero-order chi connectivity index (χ0) is 23.9. The van der Waals surface area contributed by atoms with Crippen molar-refractivity contribution in [2.45, 2.75) is 0 Å². The Hall–Kier alpha value is 2.41. The SMILES string of the molecule is CN(CC(=O)O)C(=N)N.CN(CC(=O)O)C(=N)N.O=P([O-])([O-])[O-].O=P([O-])([O-])[O-].[Ba+2].[Ba+2].[Ba+2]. The van der Waals surface area contributed by atoms with Gasteiger partial charge in [0, 0.05) is 14.1 Å². The summed E-state index contributed by atoms with van der Waals surface area (Å²) < 4.78 is 17.1. The average Bonchev–Trinajstić information content (AvgIpc) is 2.33. The number of hydrogen-bond acceptors (Lipinski definition) is 12. The predicted molar refractivity (Wildman–Crippen MR) is 96.8 cm³/mol. The van der Waals surface area contributed by atoms with Gasteiger partial charge in [0.05, 0.1) is 0 Å². The third-order valence-corrected chi connectivity index (χ3v) is 1.57. The van der Waals surface area contributed by atoms with Crippen LogP contribution in [0.4, 0.5) is 0 Å². The first-order valence-electron chi connectivity index (χ1n) is 6.07. The van der Waals surface area contributed by atoms with Crippen LogP contribution in [0.25, 0.3) is 0 Å². The van der Waals surface area contributed by atoms with E-state index in [0.29, 0.717) is 0 Å². The second-order valence-electron chi connectivity index (χ2n) is 4.16. The molecule has 31 heavy (non-hydrogen) atoms. The summed E-state index contributed by atoms with van der Waals surface area (Å²) in [6, 6.07) is 0. The minimum absolute atomic E-state index is 0. The van der Waals surface area contributed by atoms with Crippen LogP contribution in [0.15, 0.2) is 0 Å². The molecule has 23 heteroatoms. The van der Waals surface area contributed by atoms with Gasteiger partial charge in [-0.25, -0.2) is 0 Å². The summed E-state index contributed by atoms with van der Waals surface area (Å²) in [6.07, 6.45) is 0. The van der Waals surface area contributed by atoms with Crippen LogP contribution in [0.2, 0.25) is 0 Å². The summed E-state index contributed by atoms with van der Waals surface area (Å²) in [4.78, 5) is 73.4. The van der Waals surface area contributed by atoms with Gasteiger partial charge in [-0.15, -0.1) is 0 Å². The van der Waals surface area contributed by atoms with Crippen LogP contribution in [0.5, 0.6) is 0 Å². The Morgan fingerprint density at radius 2 is 0.871 bits per heavy atom. The molecule has 0 spiro atoms. The predicted octanol–water partition coefficient (Wildman–Crippen LogP) is -9.00. The topological polar surface area (TPSA) is 353 Å². The van der Waals surface area contributed by atoms with Gasteiger partial charge < -0.3 is 70.0 Å². The molecule has 18 nitrogen and oxygen atoms in total. The largest absolute Gasteiger partial charge is 2.00 e. The van der Waals surface area contributed by atoms with Crippen molar-refractivity contribution in [1.29, 1.82) is 10.8 Å². The van der Waals surface area contributed by atoms with Gasteiger partial charge in [-0.05, 0) is 0 Å². The van der Waals surface area contributed by atoms with E-state index in [0.717, 1.165) is 9.80 Å². The molecule has 0 heterocycles. The average molecular weight is 864 g/mol. The summed E-state index contributed by atoms with van der Waals surface area (Å²) >= 11 is 0. The van der Waals surface area contributed by atoms with E-state index in [1.165, 1.54) is 14.1 Å². The van der Waals surface area contributed by atoms with Crippen LogP contribution < -0.4 is 40.8 Å². The van der Waals surface area contributed by atoms with E-state index in [1.54, 1.807) is 0 Å². The van der Waals surface area contributed by atoms with Crippen molar-refractivity contribution in [3.05, 3.63) is 0 Å². The molecule has 0 amide bonds. The molecule has 0 radical (unpaired) electrons. The van der Waals surface area contributed by atoms with Gasteiger partial charge in [0.25, 0.3) is 0 Å². The number of guanidine groups is 2. The van der Waals surface area contributed by atoms with Crippen molar-refractivity contribution in [3.63, 3.8) is 0 Å². The molecule has 0 unspecified atom stereocenters. The second-order valence-corrected chi connectivity index (χ2v) is 5.95. The molecule has 0 aromatic carbocycles. The molecule has 0 atom stereocenters. The summed E-state index contributed by atoms with van der Waals surface area (Å²) in [5, 5.41) is 29.7. The van der Waals surface area contributed by atoms with Gasteiger partial charge in [0.1, 0.15) is 13.1 Å². The van der Waals surface area contributed by atoms with E-state index in [-0.39, 0.29) is 172 Å². The molecule has 0 aromatic heterocycles. The molecule has 0 saturated carbocycles. The van der Waals surface area contributed by atoms with Crippen molar-refractivity contribution in [3.8, 4) is 0 Å². The van der Waals surface area contributed by atoms with Crippen molar-refractivity contribution in [2.24, 2.45) is 11.5 Å². The van der Waals surface area contributed by atoms with Gasteiger partial charge in [0.15, 0.2) is 11.9 Å². The molecule has 0 aromatic rings. The zero-order valence-corrected chi connectivity index (χ0v) is 31.6. The van der Waals surface area contributed by atoms with E-state index < -0.39 is 27.6 Å². The first-order valence-corrected chi connectivity index (χ1v) is 9.00. The Morgan fingerprint density at radius 3 is 0.903 bits per heavy atom. The Morgan fingerprint density at radius 1 is 0.742 bits per heavy atom. The van der Waals surface area contributed by atoms with Crippen LogP contribution in [0.1, 0.15) is 0 Å². The number of phosphoric acid groups is 2. The van der Waals surface area contributed by atoms with Crippen molar-refractivity contribution in [2.75, 3.05) is 27.2 Å². The quantitative estimate of drug-likeness (QED) is 0.0661. The number of nitrogens with one attached hydrogen (secondary N) is 2. The summed E-state index contributed by atoms with van der Waals surface area (Å²) in [5.74, 6) is -2.46. The van der Waals surface area contributed by atoms with Gasteiger partial charge in [-0.1, -0.05) is 0 Å². The zero-order valence-electron chi connectivity index (χ0n) is 16.5. The van der Waals surface area contributed by atoms with E-state index in [2.05, 4.69) is 0 Å². The minimum Gasteiger partial charge on any atom is -0.822 e. The normalized spacial score (nSPS) is 8.77. The van der Waals surface area contributed by atoms with Gasteiger partial charge in [-0.2, -0.15) is 15.6 Å². The molecule has 0 saturated heterocycles. The van der Waals surface area contributed by atoms with Crippen molar-refractivity contribution in [1.82, 2.24) is 9.80 Å². The van der Waals surface area contributed by atoms with Gasteiger partial charge >= 0.3 is 159 Å². The summed E-state index contributed by atoms with van der Waals surface area (Å²) in [6.45, 7) is -0.454. The van der Waals surface area contributed by atoms with Gasteiger partial charge in [0.2, 0.25) is 0 Å². The number of aliphatic carboxylic acids is 2. The number of hydrogen-bond donors (Lipinski definition) is 6. The number of rotatable bonds is 4. The first kappa shape index (κ1) is 50.3. The van der Waals surface area contributed by atoms with E-state index >= 15 is 0 Å². The molecule has 168 valence electrons. The number of nitrogens with zero attached hydrogens (tertiary/aromatic N) is 2. The monoisotopic (exact) mass is 866 g/mol. The summed E-state index contributed by atoms with van der Waals surface area (Å²) in [5.41, 5.74) is 9.86. The molecular formula is C8H18Ba3N6O12P2. The third kappa shape index (κ3) is 88.4. The molecule has 0 aliphatic heterocycles. The fraction of sp³-hybridized carbons (Fsp3) is 0.500. The number of likely N-dealkylation sites (N-methyl/N-ethyl adjacent to an activating group) is 2. The van der Waals surface area contributed by atoms with Crippen LogP contribution >= 0.6 is 15.6 Å². The number of carboxylic acids is 2. The van der Waals surface area contributed by atoms with Crippen molar-refractivity contribution < 1.29 is 58.3 Å². The van der Waals surface area contributed by atoms with E-state index in [1.807, 2.05) is 0 Å². The fourth-order valence-corrected chi connectivity index (χ4v) is 0.576. The number of carboxylic acid groups (broad SMARTS) is 2.